The maximum Gasteiger partial charge on any atom is 0.159 e. The summed E-state index contributed by atoms with van der Waals surface area (Å²) in [5, 5.41) is 4.21. The Labute approximate surface area is 123 Å². The van der Waals surface area contributed by atoms with Crippen LogP contribution in [0.1, 0.15) is 19.4 Å². The van der Waals surface area contributed by atoms with E-state index in [0.29, 0.717) is 5.92 Å². The van der Waals surface area contributed by atoms with Crippen LogP contribution in [0.25, 0.3) is 17.1 Å². The molecule has 0 aliphatic heterocycles. The van der Waals surface area contributed by atoms with Crippen LogP contribution in [0.4, 0.5) is 0 Å². The number of rotatable bonds is 4. The van der Waals surface area contributed by atoms with Gasteiger partial charge in [0.05, 0.1) is 5.69 Å². The van der Waals surface area contributed by atoms with Gasteiger partial charge in [0.25, 0.3) is 0 Å². The molecule has 0 aliphatic rings. The van der Waals surface area contributed by atoms with Crippen molar-refractivity contribution in [3.8, 4) is 17.1 Å². The molecule has 1 aromatic carbocycles. The Morgan fingerprint density at radius 1 is 1.10 bits per heavy atom. The van der Waals surface area contributed by atoms with Gasteiger partial charge in [0, 0.05) is 18.0 Å². The van der Waals surface area contributed by atoms with Crippen molar-refractivity contribution in [2.45, 2.75) is 20.3 Å². The van der Waals surface area contributed by atoms with Crippen LogP contribution in [0, 0.1) is 5.92 Å². The number of hydrogen-bond acceptors (Lipinski definition) is 4. The van der Waals surface area contributed by atoms with Gasteiger partial charge in [-0.2, -0.15) is 5.10 Å². The first kappa shape index (κ1) is 13.4. The van der Waals surface area contributed by atoms with E-state index in [0.717, 1.165) is 23.5 Å². The standard InChI is InChI=1S/C16H17N5/c1-12(2)6-13-7-14(16-18-4-3-5-19-16)9-15(8-13)21-11-17-10-20-21/h3-5,7-12H,6H2,1-2H3. The predicted molar refractivity (Wildman–Crippen MR) is 80.9 cm³/mol. The van der Waals surface area contributed by atoms with Crippen molar-refractivity contribution in [1.82, 2.24) is 24.7 Å². The van der Waals surface area contributed by atoms with Gasteiger partial charge in [-0.25, -0.2) is 19.6 Å². The van der Waals surface area contributed by atoms with Gasteiger partial charge >= 0.3 is 0 Å². The minimum absolute atomic E-state index is 0.584. The molecule has 2 heterocycles. The highest BCUT2D eigenvalue weighted by Crippen LogP contribution is 2.22. The highest BCUT2D eigenvalue weighted by molar-refractivity contribution is 5.60. The van der Waals surface area contributed by atoms with Gasteiger partial charge in [-0.1, -0.05) is 13.8 Å². The van der Waals surface area contributed by atoms with Gasteiger partial charge < -0.3 is 0 Å². The number of hydrogen-bond donors (Lipinski definition) is 0. The Kier molecular flexibility index (Phi) is 3.73. The zero-order valence-electron chi connectivity index (χ0n) is 12.1. The maximum absolute atomic E-state index is 4.34. The Morgan fingerprint density at radius 3 is 2.57 bits per heavy atom. The Balaban J connectivity index is 2.09. The minimum Gasteiger partial charge on any atom is -0.237 e. The van der Waals surface area contributed by atoms with Crippen LogP contribution in [0.2, 0.25) is 0 Å². The summed E-state index contributed by atoms with van der Waals surface area (Å²) < 4.78 is 1.76. The van der Waals surface area contributed by atoms with E-state index in [-0.39, 0.29) is 0 Å². The van der Waals surface area contributed by atoms with E-state index in [1.807, 2.05) is 12.1 Å². The second-order valence-electron chi connectivity index (χ2n) is 5.40. The summed E-state index contributed by atoms with van der Waals surface area (Å²) in [6, 6.07) is 8.14. The van der Waals surface area contributed by atoms with Crippen LogP contribution < -0.4 is 0 Å². The van der Waals surface area contributed by atoms with Crippen LogP contribution in [0.15, 0.2) is 49.3 Å². The number of benzene rings is 1. The topological polar surface area (TPSA) is 56.5 Å². The van der Waals surface area contributed by atoms with Gasteiger partial charge in [0.2, 0.25) is 0 Å². The summed E-state index contributed by atoms with van der Waals surface area (Å²) in [6.45, 7) is 4.42. The molecule has 0 unspecified atom stereocenters. The van der Waals surface area contributed by atoms with E-state index in [2.05, 4.69) is 46.0 Å². The third-order valence-corrected chi connectivity index (χ3v) is 3.13. The number of aromatic nitrogens is 5. The SMILES string of the molecule is CC(C)Cc1cc(-c2ncccn2)cc(-n2cncn2)c1. The van der Waals surface area contributed by atoms with Gasteiger partial charge in [0.15, 0.2) is 5.82 Å². The van der Waals surface area contributed by atoms with E-state index in [1.54, 1.807) is 23.4 Å². The molecule has 0 spiro atoms. The lowest BCUT2D eigenvalue weighted by atomic mass is 10.00. The first-order chi connectivity index (χ1) is 10.2. The van der Waals surface area contributed by atoms with Crippen LogP contribution in [-0.2, 0) is 6.42 Å². The molecule has 5 heteroatoms. The normalized spacial score (nSPS) is 11.0. The van der Waals surface area contributed by atoms with Gasteiger partial charge in [-0.15, -0.1) is 0 Å². The van der Waals surface area contributed by atoms with Crippen molar-refractivity contribution in [1.29, 1.82) is 0 Å². The number of nitrogens with zero attached hydrogens (tertiary/aromatic N) is 5. The van der Waals surface area contributed by atoms with Gasteiger partial charge in [-0.3, -0.25) is 0 Å². The maximum atomic E-state index is 4.34. The molecular weight excluding hydrogens is 262 g/mol. The minimum atomic E-state index is 0.584. The average Bonchev–Trinajstić information content (AvgIpc) is 3.01. The summed E-state index contributed by atoms with van der Waals surface area (Å²) in [5.74, 6) is 1.31. The first-order valence-corrected chi connectivity index (χ1v) is 6.99. The molecule has 0 fully saturated rings. The van der Waals surface area contributed by atoms with E-state index >= 15 is 0 Å². The molecule has 2 aromatic heterocycles. The Bertz CT molecular complexity index is 705. The Morgan fingerprint density at radius 2 is 1.90 bits per heavy atom. The second kappa shape index (κ2) is 5.83. The molecule has 0 aliphatic carbocycles. The summed E-state index contributed by atoms with van der Waals surface area (Å²) >= 11 is 0. The van der Waals surface area contributed by atoms with Gasteiger partial charge in [-0.05, 0) is 42.2 Å². The molecule has 106 valence electrons. The smallest absolute Gasteiger partial charge is 0.159 e. The molecule has 3 rings (SSSR count). The van der Waals surface area contributed by atoms with Crippen LogP contribution in [0.5, 0.6) is 0 Å². The molecule has 0 atom stereocenters. The van der Waals surface area contributed by atoms with E-state index < -0.39 is 0 Å². The average molecular weight is 279 g/mol. The van der Waals surface area contributed by atoms with Crippen molar-refractivity contribution in [2.75, 3.05) is 0 Å². The lowest BCUT2D eigenvalue weighted by Crippen LogP contribution is -2.01. The quantitative estimate of drug-likeness (QED) is 0.737. The van der Waals surface area contributed by atoms with E-state index in [9.17, 15) is 0 Å². The van der Waals surface area contributed by atoms with Crippen LogP contribution >= 0.6 is 0 Å². The van der Waals surface area contributed by atoms with Crippen LogP contribution in [-0.4, -0.2) is 24.7 Å². The lowest BCUT2D eigenvalue weighted by molar-refractivity contribution is 0.647. The van der Waals surface area contributed by atoms with E-state index in [4.69, 9.17) is 0 Å². The summed E-state index contributed by atoms with van der Waals surface area (Å²) in [5.41, 5.74) is 3.23. The molecule has 0 saturated carbocycles. The molecule has 0 saturated heterocycles. The van der Waals surface area contributed by atoms with Crippen molar-refractivity contribution in [2.24, 2.45) is 5.92 Å². The summed E-state index contributed by atoms with van der Waals surface area (Å²) in [4.78, 5) is 12.7. The molecule has 21 heavy (non-hydrogen) atoms. The second-order valence-corrected chi connectivity index (χ2v) is 5.40. The van der Waals surface area contributed by atoms with Crippen molar-refractivity contribution < 1.29 is 0 Å². The molecular formula is C16H17N5. The van der Waals surface area contributed by atoms with E-state index in [1.165, 1.54) is 11.9 Å². The molecule has 0 amide bonds. The monoisotopic (exact) mass is 279 g/mol. The predicted octanol–water partition coefficient (Wildman–Crippen LogP) is 2.92. The van der Waals surface area contributed by atoms with Crippen molar-refractivity contribution in [3.05, 3.63) is 54.9 Å². The van der Waals surface area contributed by atoms with Gasteiger partial charge in [0.1, 0.15) is 12.7 Å². The lowest BCUT2D eigenvalue weighted by Gasteiger charge is -2.10. The first-order valence-electron chi connectivity index (χ1n) is 6.99. The fourth-order valence-electron chi connectivity index (χ4n) is 2.31. The molecule has 3 aromatic rings. The zero-order chi connectivity index (χ0) is 14.7. The summed E-state index contributed by atoms with van der Waals surface area (Å²) in [6.07, 6.45) is 7.75. The fraction of sp³-hybridized carbons (Fsp3) is 0.250. The fourth-order valence-corrected chi connectivity index (χ4v) is 2.31. The largest absolute Gasteiger partial charge is 0.237 e. The Hall–Kier alpha value is -2.56. The third kappa shape index (κ3) is 3.13. The highest BCUT2D eigenvalue weighted by Gasteiger charge is 2.08. The van der Waals surface area contributed by atoms with Crippen molar-refractivity contribution >= 4 is 0 Å². The zero-order valence-corrected chi connectivity index (χ0v) is 12.1. The molecule has 0 radical (unpaired) electrons. The van der Waals surface area contributed by atoms with Crippen molar-refractivity contribution in [3.63, 3.8) is 0 Å². The molecule has 0 bridgehead atoms. The molecule has 0 N–H and O–H groups in total. The highest BCUT2D eigenvalue weighted by atomic mass is 15.3. The molecule has 5 nitrogen and oxygen atoms in total. The van der Waals surface area contributed by atoms with Crippen LogP contribution in [0.3, 0.4) is 0 Å². The third-order valence-electron chi connectivity index (χ3n) is 3.13. The summed E-state index contributed by atoms with van der Waals surface area (Å²) in [7, 11) is 0.